The van der Waals surface area contributed by atoms with Crippen molar-refractivity contribution in [1.29, 1.82) is 0 Å². The van der Waals surface area contributed by atoms with Crippen LogP contribution in [-0.4, -0.2) is 33.4 Å². The van der Waals surface area contributed by atoms with E-state index >= 15 is 0 Å². The maximum absolute atomic E-state index is 12.5. The summed E-state index contributed by atoms with van der Waals surface area (Å²) in [5.41, 5.74) is 1.04. The topological polar surface area (TPSA) is 129 Å². The van der Waals surface area contributed by atoms with Gasteiger partial charge in [-0.15, -0.1) is 0 Å². The maximum atomic E-state index is 12.5. The maximum Gasteiger partial charge on any atom is 0.348 e. The van der Waals surface area contributed by atoms with Crippen LogP contribution in [0.1, 0.15) is 18.1 Å². The Morgan fingerprint density at radius 3 is 2.59 bits per heavy atom. The molecule has 164 valence electrons. The summed E-state index contributed by atoms with van der Waals surface area (Å²) in [6.45, 7) is 3.65. The normalized spacial score (nSPS) is 11.0. The van der Waals surface area contributed by atoms with E-state index in [9.17, 15) is 14.9 Å². The van der Waals surface area contributed by atoms with Gasteiger partial charge in [0.15, 0.2) is 0 Å². The number of amides is 2. The fourth-order valence-electron chi connectivity index (χ4n) is 2.66. The number of nitro benzene ring substituents is 1. The van der Waals surface area contributed by atoms with Crippen molar-refractivity contribution in [3.05, 3.63) is 81.1 Å². The highest BCUT2D eigenvalue weighted by Gasteiger charge is 2.20. The van der Waals surface area contributed by atoms with Crippen LogP contribution in [0, 0.1) is 17.0 Å². The summed E-state index contributed by atoms with van der Waals surface area (Å²) in [6.07, 6.45) is 2.83. The molecule has 3 aromatic rings. The van der Waals surface area contributed by atoms with E-state index in [1.807, 2.05) is 0 Å². The Labute approximate surface area is 188 Å². The lowest BCUT2D eigenvalue weighted by Crippen LogP contribution is -2.15. The molecule has 1 aromatic heterocycles. The van der Waals surface area contributed by atoms with Gasteiger partial charge < -0.3 is 14.8 Å². The third kappa shape index (κ3) is 5.76. The zero-order chi connectivity index (χ0) is 23.1. The highest BCUT2D eigenvalue weighted by Crippen LogP contribution is 2.26. The molecule has 32 heavy (non-hydrogen) atoms. The summed E-state index contributed by atoms with van der Waals surface area (Å²) in [5, 5.41) is 14.3. The first kappa shape index (κ1) is 22.6. The van der Waals surface area contributed by atoms with Crippen LogP contribution in [0.4, 0.5) is 16.2 Å². The van der Waals surface area contributed by atoms with Gasteiger partial charge in [0.2, 0.25) is 5.90 Å². The molecule has 0 bridgehead atoms. The number of para-hydroxylation sites is 1. The molecule has 0 unspecified atom stereocenters. The number of aromatic nitrogens is 2. The number of hydrogen-bond donors (Lipinski definition) is 1. The van der Waals surface area contributed by atoms with E-state index in [1.54, 1.807) is 38.1 Å². The number of carbonyl (C=O) groups is 1. The van der Waals surface area contributed by atoms with E-state index in [1.165, 1.54) is 30.6 Å². The number of nitro groups is 1. The molecule has 10 nitrogen and oxygen atoms in total. The summed E-state index contributed by atoms with van der Waals surface area (Å²) in [4.78, 5) is 35.0. The Morgan fingerprint density at radius 2 is 1.94 bits per heavy atom. The second-order valence-corrected chi connectivity index (χ2v) is 6.76. The fourth-order valence-corrected chi connectivity index (χ4v) is 2.76. The van der Waals surface area contributed by atoms with Gasteiger partial charge in [0.25, 0.3) is 5.69 Å². The minimum Gasteiger partial charge on any atom is -0.477 e. The van der Waals surface area contributed by atoms with Crippen molar-refractivity contribution < 1.29 is 19.2 Å². The van der Waals surface area contributed by atoms with Gasteiger partial charge in [0.05, 0.1) is 28.9 Å². The van der Waals surface area contributed by atoms with Gasteiger partial charge in [-0.1, -0.05) is 23.7 Å². The summed E-state index contributed by atoms with van der Waals surface area (Å²) in [5.74, 6) is 0.345. The number of aliphatic imine (C=N–C) groups is 1. The van der Waals surface area contributed by atoms with Crippen molar-refractivity contribution in [2.45, 2.75) is 13.8 Å². The lowest BCUT2D eigenvalue weighted by molar-refractivity contribution is -0.385. The third-order valence-corrected chi connectivity index (χ3v) is 4.23. The standard InChI is InChI=1S/C21H18ClN5O5/c1-3-31-19(16-6-4-5-7-17(16)27(29)30)26-20(28)25-15-8-9-18(13(2)10-15)32-21-23-11-14(22)12-24-21/h4-12H,3H2,1-2H3,(H,25,28)/b26-19+. The Morgan fingerprint density at radius 1 is 1.22 bits per heavy atom. The van der Waals surface area contributed by atoms with E-state index in [0.717, 1.165) is 0 Å². The van der Waals surface area contributed by atoms with Crippen molar-refractivity contribution in [2.75, 3.05) is 11.9 Å². The molecular weight excluding hydrogens is 438 g/mol. The number of nitrogens with zero attached hydrogens (tertiary/aromatic N) is 4. The minimum absolute atomic E-state index is 0.109. The predicted octanol–water partition coefficient (Wildman–Crippen LogP) is 5.15. The molecule has 11 heteroatoms. The quantitative estimate of drug-likeness (QED) is 0.235. The van der Waals surface area contributed by atoms with E-state index in [2.05, 4.69) is 20.3 Å². The summed E-state index contributed by atoms with van der Waals surface area (Å²) in [7, 11) is 0. The van der Waals surface area contributed by atoms with Crippen LogP contribution < -0.4 is 10.1 Å². The van der Waals surface area contributed by atoms with Gasteiger partial charge in [-0.05, 0) is 43.7 Å². The number of rotatable bonds is 6. The molecule has 0 aliphatic rings. The molecule has 0 radical (unpaired) electrons. The van der Waals surface area contributed by atoms with Crippen molar-refractivity contribution in [3.63, 3.8) is 0 Å². The Hall–Kier alpha value is -4.05. The number of benzene rings is 2. The van der Waals surface area contributed by atoms with E-state index in [-0.39, 0.29) is 29.8 Å². The number of ether oxygens (including phenoxy) is 2. The Kier molecular flexibility index (Phi) is 7.29. The van der Waals surface area contributed by atoms with Gasteiger partial charge >= 0.3 is 12.0 Å². The summed E-state index contributed by atoms with van der Waals surface area (Å²) in [6, 6.07) is 10.2. The summed E-state index contributed by atoms with van der Waals surface area (Å²) >= 11 is 5.76. The summed E-state index contributed by atoms with van der Waals surface area (Å²) < 4.78 is 11.0. The Balaban J connectivity index is 1.78. The number of urea groups is 1. The van der Waals surface area contributed by atoms with Crippen LogP contribution in [-0.2, 0) is 4.74 Å². The van der Waals surface area contributed by atoms with Crippen LogP contribution in [0.15, 0.2) is 59.9 Å². The Bertz CT molecular complexity index is 1170. The minimum atomic E-state index is -0.749. The smallest absolute Gasteiger partial charge is 0.348 e. The van der Waals surface area contributed by atoms with Crippen molar-refractivity contribution in [3.8, 4) is 11.8 Å². The van der Waals surface area contributed by atoms with Crippen LogP contribution >= 0.6 is 11.6 Å². The molecule has 0 fully saturated rings. The van der Waals surface area contributed by atoms with Crippen molar-refractivity contribution in [2.24, 2.45) is 4.99 Å². The largest absolute Gasteiger partial charge is 0.477 e. The highest BCUT2D eigenvalue weighted by molar-refractivity contribution is 6.30. The lowest BCUT2D eigenvalue weighted by atomic mass is 10.2. The van der Waals surface area contributed by atoms with Gasteiger partial charge in [-0.3, -0.25) is 10.1 Å². The van der Waals surface area contributed by atoms with Gasteiger partial charge in [-0.25, -0.2) is 14.8 Å². The number of hydrogen-bond acceptors (Lipinski definition) is 7. The average molecular weight is 456 g/mol. The van der Waals surface area contributed by atoms with E-state index in [4.69, 9.17) is 21.1 Å². The van der Waals surface area contributed by atoms with Gasteiger partial charge in [0.1, 0.15) is 11.3 Å². The fraction of sp³-hybridized carbons (Fsp3) is 0.143. The van der Waals surface area contributed by atoms with Crippen LogP contribution in [0.5, 0.6) is 11.8 Å². The van der Waals surface area contributed by atoms with Crippen molar-refractivity contribution in [1.82, 2.24) is 9.97 Å². The highest BCUT2D eigenvalue weighted by atomic mass is 35.5. The van der Waals surface area contributed by atoms with Crippen LogP contribution in [0.25, 0.3) is 0 Å². The molecule has 2 amide bonds. The van der Waals surface area contributed by atoms with E-state index in [0.29, 0.717) is 22.0 Å². The number of carbonyl (C=O) groups excluding carboxylic acids is 1. The number of halogens is 1. The monoisotopic (exact) mass is 455 g/mol. The molecule has 0 spiro atoms. The third-order valence-electron chi connectivity index (χ3n) is 4.04. The lowest BCUT2D eigenvalue weighted by Gasteiger charge is -2.10. The van der Waals surface area contributed by atoms with E-state index < -0.39 is 11.0 Å². The molecule has 0 saturated heterocycles. The molecule has 0 atom stereocenters. The molecule has 1 heterocycles. The van der Waals surface area contributed by atoms with Crippen LogP contribution in [0.3, 0.4) is 0 Å². The van der Waals surface area contributed by atoms with Gasteiger partial charge in [-0.2, -0.15) is 4.99 Å². The van der Waals surface area contributed by atoms with Crippen molar-refractivity contribution >= 4 is 34.9 Å². The zero-order valence-electron chi connectivity index (χ0n) is 17.1. The molecular formula is C21H18ClN5O5. The number of aryl methyl sites for hydroxylation is 1. The first-order valence-corrected chi connectivity index (χ1v) is 9.77. The molecule has 3 rings (SSSR count). The predicted molar refractivity (Wildman–Crippen MR) is 119 cm³/mol. The number of nitrogens with one attached hydrogen (secondary N) is 1. The molecule has 0 aliphatic heterocycles. The SMILES string of the molecule is CCO/C(=N/C(=O)Nc1ccc(Oc2ncc(Cl)cn2)c(C)c1)c1ccccc1[N+](=O)[O-]. The second-order valence-electron chi connectivity index (χ2n) is 6.32. The average Bonchev–Trinajstić information content (AvgIpc) is 2.76. The zero-order valence-corrected chi connectivity index (χ0v) is 17.9. The molecule has 0 aliphatic carbocycles. The first-order valence-electron chi connectivity index (χ1n) is 9.39. The first-order chi connectivity index (χ1) is 15.4. The molecule has 0 saturated carbocycles. The second kappa shape index (κ2) is 10.3. The molecule has 1 N–H and O–H groups in total. The van der Waals surface area contributed by atoms with Gasteiger partial charge in [0, 0.05) is 11.8 Å². The number of anilines is 1. The molecule has 2 aromatic carbocycles. The van der Waals surface area contributed by atoms with Crippen LogP contribution in [0.2, 0.25) is 5.02 Å².